The standard InChI is InChI=1S/C24H26N2OS/c1-2-3-4-11-16-21-22-18-28-23(20-14-9-6-10-15-20)26(22)24(27)25(21)17-19-12-7-5-8-13-19/h5-10,12-15,21-23H,2-4,17-18H2,1H3/t21-,22+,23-/m0/s1. The number of urea groups is 1. The number of rotatable bonds is 5. The van der Waals surface area contributed by atoms with Gasteiger partial charge in [0.05, 0.1) is 6.04 Å². The highest BCUT2D eigenvalue weighted by Gasteiger charge is 2.52. The second-order valence-corrected chi connectivity index (χ2v) is 8.45. The Morgan fingerprint density at radius 1 is 1.07 bits per heavy atom. The molecular weight excluding hydrogens is 364 g/mol. The molecule has 0 unspecified atom stereocenters. The second-order valence-electron chi connectivity index (χ2n) is 7.34. The minimum atomic E-state index is -0.0363. The zero-order chi connectivity index (χ0) is 19.3. The molecule has 2 fully saturated rings. The van der Waals surface area contributed by atoms with E-state index < -0.39 is 0 Å². The molecule has 0 aromatic heterocycles. The van der Waals surface area contributed by atoms with Gasteiger partial charge in [-0.25, -0.2) is 4.79 Å². The summed E-state index contributed by atoms with van der Waals surface area (Å²) >= 11 is 1.86. The summed E-state index contributed by atoms with van der Waals surface area (Å²) in [5.74, 6) is 7.75. The molecule has 2 heterocycles. The van der Waals surface area contributed by atoms with Crippen LogP contribution in [0.25, 0.3) is 0 Å². The van der Waals surface area contributed by atoms with Crippen molar-refractivity contribution in [3.8, 4) is 11.8 Å². The predicted molar refractivity (Wildman–Crippen MR) is 116 cm³/mol. The van der Waals surface area contributed by atoms with Gasteiger partial charge in [-0.2, -0.15) is 0 Å². The van der Waals surface area contributed by atoms with Crippen molar-refractivity contribution in [1.82, 2.24) is 9.80 Å². The van der Waals surface area contributed by atoms with Crippen molar-refractivity contribution in [2.45, 2.75) is 50.2 Å². The molecule has 0 saturated carbocycles. The first-order chi connectivity index (χ1) is 13.8. The van der Waals surface area contributed by atoms with E-state index in [-0.39, 0.29) is 23.5 Å². The molecule has 2 amide bonds. The fraction of sp³-hybridized carbons (Fsp3) is 0.375. The Labute approximate surface area is 172 Å². The molecule has 144 valence electrons. The van der Waals surface area contributed by atoms with Crippen molar-refractivity contribution in [2.24, 2.45) is 0 Å². The molecule has 0 aliphatic carbocycles. The zero-order valence-corrected chi connectivity index (χ0v) is 17.1. The van der Waals surface area contributed by atoms with Crippen LogP contribution in [0.3, 0.4) is 0 Å². The van der Waals surface area contributed by atoms with E-state index in [1.54, 1.807) is 0 Å². The first-order valence-electron chi connectivity index (χ1n) is 10.1. The van der Waals surface area contributed by atoms with Gasteiger partial charge in [0.15, 0.2) is 0 Å². The molecular formula is C24H26N2OS. The van der Waals surface area contributed by atoms with Crippen molar-refractivity contribution < 1.29 is 4.79 Å². The molecule has 0 bridgehead atoms. The lowest BCUT2D eigenvalue weighted by Crippen LogP contribution is -2.35. The fourth-order valence-electron chi connectivity index (χ4n) is 3.92. The van der Waals surface area contributed by atoms with E-state index in [4.69, 9.17) is 0 Å². The highest BCUT2D eigenvalue weighted by molar-refractivity contribution is 7.99. The summed E-state index contributed by atoms with van der Waals surface area (Å²) < 4.78 is 0. The quantitative estimate of drug-likeness (QED) is 0.511. The van der Waals surface area contributed by atoms with Gasteiger partial charge in [-0.15, -0.1) is 17.7 Å². The van der Waals surface area contributed by atoms with Crippen molar-refractivity contribution in [3.05, 3.63) is 71.8 Å². The number of unbranched alkanes of at least 4 members (excludes halogenated alkanes) is 2. The van der Waals surface area contributed by atoms with E-state index in [1.807, 2.05) is 53.1 Å². The van der Waals surface area contributed by atoms with Gasteiger partial charge in [0, 0.05) is 18.7 Å². The van der Waals surface area contributed by atoms with Gasteiger partial charge in [-0.1, -0.05) is 79.9 Å². The number of hydrogen-bond donors (Lipinski definition) is 0. The Kier molecular flexibility index (Phi) is 5.92. The summed E-state index contributed by atoms with van der Waals surface area (Å²) in [5.41, 5.74) is 2.35. The Hall–Kier alpha value is -2.38. The Balaban J connectivity index is 1.62. The zero-order valence-electron chi connectivity index (χ0n) is 16.3. The molecule has 0 radical (unpaired) electrons. The van der Waals surface area contributed by atoms with E-state index in [0.29, 0.717) is 6.54 Å². The molecule has 3 nitrogen and oxygen atoms in total. The molecule has 0 spiro atoms. The van der Waals surface area contributed by atoms with E-state index in [2.05, 4.69) is 47.9 Å². The maximum absolute atomic E-state index is 13.4. The Morgan fingerprint density at radius 2 is 1.79 bits per heavy atom. The van der Waals surface area contributed by atoms with Crippen LogP contribution in [-0.4, -0.2) is 33.7 Å². The molecule has 3 atom stereocenters. The van der Waals surface area contributed by atoms with Crippen molar-refractivity contribution in [2.75, 3.05) is 5.75 Å². The molecule has 0 N–H and O–H groups in total. The van der Waals surface area contributed by atoms with Crippen LogP contribution in [0.2, 0.25) is 0 Å². The lowest BCUT2D eigenvalue weighted by atomic mass is 10.1. The van der Waals surface area contributed by atoms with Gasteiger partial charge in [0.25, 0.3) is 0 Å². The van der Waals surface area contributed by atoms with Gasteiger partial charge in [-0.3, -0.25) is 0 Å². The number of fused-ring (bicyclic) bond motifs is 1. The van der Waals surface area contributed by atoms with E-state index in [9.17, 15) is 4.79 Å². The minimum Gasteiger partial charge on any atom is -0.304 e. The second kappa shape index (κ2) is 8.75. The minimum absolute atomic E-state index is 0.0363. The number of carbonyl (C=O) groups excluding carboxylic acids is 1. The van der Waals surface area contributed by atoms with E-state index in [0.717, 1.165) is 30.6 Å². The average Bonchev–Trinajstić information content (AvgIpc) is 3.28. The van der Waals surface area contributed by atoms with Crippen LogP contribution in [0.15, 0.2) is 60.7 Å². The highest BCUT2D eigenvalue weighted by atomic mass is 32.2. The number of carbonyl (C=O) groups is 1. The van der Waals surface area contributed by atoms with Crippen LogP contribution in [0.4, 0.5) is 4.79 Å². The largest absolute Gasteiger partial charge is 0.322 e. The number of amides is 2. The molecule has 4 rings (SSSR count). The van der Waals surface area contributed by atoms with Crippen LogP contribution in [0.5, 0.6) is 0 Å². The number of nitrogens with zero attached hydrogens (tertiary/aromatic N) is 2. The third kappa shape index (κ3) is 3.77. The van der Waals surface area contributed by atoms with Crippen molar-refractivity contribution >= 4 is 17.8 Å². The molecule has 2 aliphatic rings. The average molecular weight is 391 g/mol. The first kappa shape index (κ1) is 19.0. The van der Waals surface area contributed by atoms with Gasteiger partial charge in [-0.05, 0) is 17.5 Å². The topological polar surface area (TPSA) is 23.6 Å². The molecule has 2 aromatic carbocycles. The summed E-state index contributed by atoms with van der Waals surface area (Å²) in [5, 5.41) is 0.0828. The van der Waals surface area contributed by atoms with E-state index >= 15 is 0 Å². The summed E-state index contributed by atoms with van der Waals surface area (Å²) in [6, 6.07) is 20.8. The van der Waals surface area contributed by atoms with Gasteiger partial charge >= 0.3 is 6.03 Å². The SMILES string of the molecule is CCCCC#C[C@H]1[C@H]2CS[C@@H](c3ccccc3)N2C(=O)N1Cc1ccccc1. The normalized spacial score (nSPS) is 23.5. The van der Waals surface area contributed by atoms with Crippen molar-refractivity contribution in [3.63, 3.8) is 0 Å². The Bertz CT molecular complexity index is 858. The lowest BCUT2D eigenvalue weighted by molar-refractivity contribution is 0.184. The molecule has 28 heavy (non-hydrogen) atoms. The number of benzene rings is 2. The molecule has 2 aromatic rings. The van der Waals surface area contributed by atoms with Gasteiger partial charge < -0.3 is 9.80 Å². The number of thioether (sulfide) groups is 1. The fourth-order valence-corrected chi connectivity index (χ4v) is 5.40. The maximum atomic E-state index is 13.4. The predicted octanol–water partition coefficient (Wildman–Crippen LogP) is 5.30. The third-order valence-electron chi connectivity index (χ3n) is 5.39. The molecule has 4 heteroatoms. The molecule has 2 aliphatic heterocycles. The summed E-state index contributed by atoms with van der Waals surface area (Å²) in [7, 11) is 0. The van der Waals surface area contributed by atoms with Crippen LogP contribution >= 0.6 is 11.8 Å². The van der Waals surface area contributed by atoms with Crippen molar-refractivity contribution in [1.29, 1.82) is 0 Å². The third-order valence-corrected chi connectivity index (χ3v) is 6.74. The van der Waals surface area contributed by atoms with Gasteiger partial charge in [0.2, 0.25) is 0 Å². The van der Waals surface area contributed by atoms with E-state index in [1.165, 1.54) is 5.56 Å². The highest BCUT2D eigenvalue weighted by Crippen LogP contribution is 2.47. The van der Waals surface area contributed by atoms with Crippen LogP contribution in [-0.2, 0) is 6.54 Å². The van der Waals surface area contributed by atoms with Crippen LogP contribution in [0.1, 0.15) is 42.7 Å². The molecule has 2 saturated heterocycles. The summed E-state index contributed by atoms with van der Waals surface area (Å²) in [6.45, 7) is 2.80. The maximum Gasteiger partial charge on any atom is 0.322 e. The monoisotopic (exact) mass is 390 g/mol. The summed E-state index contributed by atoms with van der Waals surface area (Å²) in [6.07, 6.45) is 3.16. The first-order valence-corrected chi connectivity index (χ1v) is 11.1. The van der Waals surface area contributed by atoms with Crippen LogP contribution < -0.4 is 0 Å². The van der Waals surface area contributed by atoms with Crippen LogP contribution in [0, 0.1) is 11.8 Å². The lowest BCUT2D eigenvalue weighted by Gasteiger charge is -2.24. The summed E-state index contributed by atoms with van der Waals surface area (Å²) in [4.78, 5) is 17.5. The number of hydrogen-bond acceptors (Lipinski definition) is 2. The Morgan fingerprint density at radius 3 is 2.50 bits per heavy atom. The van der Waals surface area contributed by atoms with Gasteiger partial charge in [0.1, 0.15) is 11.4 Å². The smallest absolute Gasteiger partial charge is 0.304 e.